The zero-order valence-corrected chi connectivity index (χ0v) is 18.0. The van der Waals surface area contributed by atoms with Gasteiger partial charge in [0.1, 0.15) is 12.2 Å². The van der Waals surface area contributed by atoms with Crippen molar-refractivity contribution in [3.63, 3.8) is 0 Å². The van der Waals surface area contributed by atoms with Gasteiger partial charge in [0.2, 0.25) is 0 Å². The van der Waals surface area contributed by atoms with Gasteiger partial charge in [0, 0.05) is 57.7 Å². The molecule has 0 amide bonds. The van der Waals surface area contributed by atoms with Crippen molar-refractivity contribution in [2.24, 2.45) is 0 Å². The Hall–Kier alpha value is -1.43. The minimum atomic E-state index is -4.37. The van der Waals surface area contributed by atoms with Gasteiger partial charge in [-0.05, 0) is 31.0 Å². The molecule has 0 saturated carbocycles. The number of piperazine rings is 1. The van der Waals surface area contributed by atoms with E-state index in [1.807, 2.05) is 4.90 Å². The van der Waals surface area contributed by atoms with Gasteiger partial charge < -0.3 is 29.9 Å². The van der Waals surface area contributed by atoms with E-state index < -0.39 is 23.9 Å². The highest BCUT2D eigenvalue weighted by atomic mass is 19.4. The first kappa shape index (κ1) is 23.7. The fourth-order valence-corrected chi connectivity index (χ4v) is 4.94. The van der Waals surface area contributed by atoms with Crippen LogP contribution in [0.1, 0.15) is 18.4 Å². The Morgan fingerprint density at radius 1 is 1.06 bits per heavy atom. The van der Waals surface area contributed by atoms with E-state index in [1.54, 1.807) is 6.07 Å². The van der Waals surface area contributed by atoms with Crippen LogP contribution in [0.25, 0.3) is 0 Å². The van der Waals surface area contributed by atoms with Crippen molar-refractivity contribution in [3.05, 3.63) is 29.8 Å². The van der Waals surface area contributed by atoms with E-state index in [4.69, 9.17) is 9.47 Å². The van der Waals surface area contributed by atoms with Gasteiger partial charge in [0.05, 0.1) is 24.3 Å². The molecule has 0 aromatic heterocycles. The molecule has 3 aliphatic heterocycles. The lowest BCUT2D eigenvalue weighted by Gasteiger charge is -2.41. The maximum Gasteiger partial charge on any atom is 0.416 e. The molecule has 3 fully saturated rings. The number of rotatable bonds is 6. The second-order valence-electron chi connectivity index (χ2n) is 8.74. The monoisotopic (exact) mass is 459 g/mol. The van der Waals surface area contributed by atoms with Crippen molar-refractivity contribution in [1.82, 2.24) is 10.2 Å². The quantitative estimate of drug-likeness (QED) is 0.588. The fourth-order valence-electron chi connectivity index (χ4n) is 4.94. The number of benzene rings is 1. The number of anilines is 1. The molecule has 0 bridgehead atoms. The molecule has 4 rings (SSSR count). The first-order chi connectivity index (χ1) is 15.4. The van der Waals surface area contributed by atoms with Crippen LogP contribution in [-0.4, -0.2) is 98.1 Å². The molecule has 7 nitrogen and oxygen atoms in total. The number of nitrogens with one attached hydrogen (secondary N) is 1. The highest BCUT2D eigenvalue weighted by molar-refractivity contribution is 5.49. The summed E-state index contributed by atoms with van der Waals surface area (Å²) in [4.78, 5) is 4.08. The van der Waals surface area contributed by atoms with Gasteiger partial charge in [-0.15, -0.1) is 0 Å². The van der Waals surface area contributed by atoms with Crippen LogP contribution in [0.4, 0.5) is 18.9 Å². The average molecular weight is 460 g/mol. The molecule has 0 radical (unpaired) electrons. The Morgan fingerprint density at radius 2 is 1.78 bits per heavy atom. The SMILES string of the molecule is OCC1OC(CNC2CCOCC2)C(N2CCN(c3cccc(C(F)(F)F)c3)CC2)C1O. The third kappa shape index (κ3) is 5.37. The number of nitrogens with zero attached hydrogens (tertiary/aromatic N) is 2. The summed E-state index contributed by atoms with van der Waals surface area (Å²) in [5, 5.41) is 23.9. The van der Waals surface area contributed by atoms with Crippen LogP contribution in [0.3, 0.4) is 0 Å². The van der Waals surface area contributed by atoms with E-state index in [0.717, 1.165) is 32.1 Å². The standard InChI is InChI=1S/C22H32F3N3O4/c23-22(24,25)15-2-1-3-17(12-15)27-6-8-28(9-7-27)20-18(32-19(14-29)21(20)30)13-26-16-4-10-31-11-5-16/h1-3,12,16,18-21,26,29-30H,4-11,13-14H2. The lowest BCUT2D eigenvalue weighted by Crippen LogP contribution is -2.57. The van der Waals surface area contributed by atoms with Crippen LogP contribution in [0, 0.1) is 0 Å². The Morgan fingerprint density at radius 3 is 2.44 bits per heavy atom. The summed E-state index contributed by atoms with van der Waals surface area (Å²) in [7, 11) is 0. The van der Waals surface area contributed by atoms with Crippen LogP contribution in [0.2, 0.25) is 0 Å². The second kappa shape index (κ2) is 10.2. The highest BCUT2D eigenvalue weighted by Crippen LogP contribution is 2.32. The van der Waals surface area contributed by atoms with Crippen LogP contribution < -0.4 is 10.2 Å². The molecular formula is C22H32F3N3O4. The predicted molar refractivity (Wildman–Crippen MR) is 113 cm³/mol. The number of ether oxygens (including phenoxy) is 2. The first-order valence-corrected chi connectivity index (χ1v) is 11.3. The van der Waals surface area contributed by atoms with E-state index >= 15 is 0 Å². The Balaban J connectivity index is 1.38. The first-order valence-electron chi connectivity index (χ1n) is 11.3. The zero-order valence-electron chi connectivity index (χ0n) is 18.0. The van der Waals surface area contributed by atoms with Crippen molar-refractivity contribution in [2.75, 3.05) is 57.4 Å². The third-order valence-electron chi connectivity index (χ3n) is 6.74. The number of aliphatic hydroxyl groups is 2. The van der Waals surface area contributed by atoms with Crippen LogP contribution in [0.15, 0.2) is 24.3 Å². The smallest absolute Gasteiger partial charge is 0.394 e. The highest BCUT2D eigenvalue weighted by Gasteiger charge is 2.46. The van der Waals surface area contributed by atoms with Crippen LogP contribution >= 0.6 is 0 Å². The topological polar surface area (TPSA) is 77.4 Å². The van der Waals surface area contributed by atoms with E-state index in [9.17, 15) is 23.4 Å². The molecule has 3 heterocycles. The Bertz CT molecular complexity index is 739. The molecular weight excluding hydrogens is 427 g/mol. The Labute approximate surface area is 186 Å². The number of alkyl halides is 3. The normalized spacial score (nSPS) is 30.7. The molecule has 4 atom stereocenters. The van der Waals surface area contributed by atoms with Gasteiger partial charge in [-0.1, -0.05) is 6.07 Å². The van der Waals surface area contributed by atoms with Crippen LogP contribution in [-0.2, 0) is 15.7 Å². The van der Waals surface area contributed by atoms with E-state index in [0.29, 0.717) is 44.5 Å². The van der Waals surface area contributed by atoms with E-state index in [1.165, 1.54) is 12.1 Å². The summed E-state index contributed by atoms with van der Waals surface area (Å²) in [5.41, 5.74) is -0.101. The molecule has 1 aromatic rings. The Kier molecular flexibility index (Phi) is 7.58. The fraction of sp³-hybridized carbons (Fsp3) is 0.727. The van der Waals surface area contributed by atoms with Gasteiger partial charge >= 0.3 is 6.18 Å². The lowest BCUT2D eigenvalue weighted by molar-refractivity contribution is -0.137. The molecule has 3 N–H and O–H groups in total. The predicted octanol–water partition coefficient (Wildman–Crippen LogP) is 1.09. The summed E-state index contributed by atoms with van der Waals surface area (Å²) in [5.74, 6) is 0. The van der Waals surface area contributed by atoms with Crippen molar-refractivity contribution < 1.29 is 32.9 Å². The molecule has 32 heavy (non-hydrogen) atoms. The molecule has 10 heteroatoms. The maximum absolute atomic E-state index is 13.1. The van der Waals surface area contributed by atoms with Gasteiger partial charge in [-0.2, -0.15) is 13.2 Å². The summed E-state index contributed by atoms with van der Waals surface area (Å²) in [6.45, 7) is 4.05. The van der Waals surface area contributed by atoms with Crippen molar-refractivity contribution >= 4 is 5.69 Å². The van der Waals surface area contributed by atoms with E-state index in [-0.39, 0.29) is 18.8 Å². The third-order valence-corrected chi connectivity index (χ3v) is 6.74. The molecule has 0 spiro atoms. The zero-order chi connectivity index (χ0) is 22.7. The van der Waals surface area contributed by atoms with Crippen molar-refractivity contribution in [1.29, 1.82) is 0 Å². The largest absolute Gasteiger partial charge is 0.416 e. The lowest BCUT2D eigenvalue weighted by atomic mass is 10.0. The minimum absolute atomic E-state index is 0.254. The molecule has 3 aliphatic rings. The molecule has 3 saturated heterocycles. The second-order valence-corrected chi connectivity index (χ2v) is 8.74. The van der Waals surface area contributed by atoms with Gasteiger partial charge in [-0.25, -0.2) is 0 Å². The minimum Gasteiger partial charge on any atom is -0.394 e. The van der Waals surface area contributed by atoms with Crippen molar-refractivity contribution in [3.8, 4) is 0 Å². The van der Waals surface area contributed by atoms with Crippen molar-refractivity contribution in [2.45, 2.75) is 49.4 Å². The van der Waals surface area contributed by atoms with Crippen LogP contribution in [0.5, 0.6) is 0 Å². The molecule has 180 valence electrons. The van der Waals surface area contributed by atoms with Gasteiger partial charge in [0.25, 0.3) is 0 Å². The molecule has 0 aliphatic carbocycles. The summed E-state index contributed by atoms with van der Waals surface area (Å²) in [6, 6.07) is 5.46. The van der Waals surface area contributed by atoms with Gasteiger partial charge in [0.15, 0.2) is 0 Å². The average Bonchev–Trinajstić information content (AvgIpc) is 3.13. The maximum atomic E-state index is 13.1. The number of hydrogen-bond acceptors (Lipinski definition) is 7. The summed E-state index contributed by atoms with van der Waals surface area (Å²) < 4.78 is 50.6. The molecule has 4 unspecified atom stereocenters. The van der Waals surface area contributed by atoms with E-state index in [2.05, 4.69) is 10.2 Å². The number of aliphatic hydroxyl groups excluding tert-OH is 2. The molecule has 1 aromatic carbocycles. The summed E-state index contributed by atoms with van der Waals surface area (Å²) >= 11 is 0. The number of halogens is 3. The summed E-state index contributed by atoms with van der Waals surface area (Å²) in [6.07, 6.45) is -4.24. The van der Waals surface area contributed by atoms with Gasteiger partial charge in [-0.3, -0.25) is 4.90 Å². The number of hydrogen-bond donors (Lipinski definition) is 3.